The maximum absolute atomic E-state index is 12.2. The third-order valence-electron chi connectivity index (χ3n) is 4.37. The molecule has 4 rings (SSSR count). The Kier molecular flexibility index (Phi) is 4.49. The molecule has 2 aromatic carbocycles. The third kappa shape index (κ3) is 3.18. The summed E-state index contributed by atoms with van der Waals surface area (Å²) in [4.78, 5) is 45.9. The molecule has 1 aliphatic heterocycles. The molecule has 0 saturated carbocycles. The van der Waals surface area contributed by atoms with Crippen molar-refractivity contribution in [2.75, 3.05) is 0 Å². The van der Waals surface area contributed by atoms with Crippen molar-refractivity contribution in [1.82, 2.24) is 10.0 Å². The topological polar surface area (TPSA) is 89.7 Å². The van der Waals surface area contributed by atoms with Crippen molar-refractivity contribution in [3.05, 3.63) is 77.3 Å². The monoisotopic (exact) mass is 376 g/mol. The lowest BCUT2D eigenvalue weighted by Gasteiger charge is -2.12. The van der Waals surface area contributed by atoms with Gasteiger partial charge in [0.1, 0.15) is 0 Å². The van der Waals surface area contributed by atoms with Crippen molar-refractivity contribution >= 4 is 17.8 Å². The second-order valence-electron chi connectivity index (χ2n) is 6.30. The van der Waals surface area contributed by atoms with Gasteiger partial charge in [0.2, 0.25) is 0 Å². The van der Waals surface area contributed by atoms with Crippen molar-refractivity contribution in [3.63, 3.8) is 0 Å². The number of hydrogen-bond acceptors (Lipinski definition) is 6. The highest BCUT2D eigenvalue weighted by Crippen LogP contribution is 2.25. The van der Waals surface area contributed by atoms with Crippen LogP contribution in [0.5, 0.6) is 0 Å². The summed E-state index contributed by atoms with van der Waals surface area (Å²) in [5, 5.41) is 0.503. The first-order valence-electron chi connectivity index (χ1n) is 8.75. The Morgan fingerprint density at radius 2 is 1.61 bits per heavy atom. The highest BCUT2D eigenvalue weighted by molar-refractivity contribution is 6.20. The smallest absolute Gasteiger partial charge is 0.333 e. The first-order chi connectivity index (χ1) is 13.5. The number of carbonyl (C=O) groups excluding carboxylic acids is 3. The lowest BCUT2D eigenvalue weighted by molar-refractivity contribution is -0.168. The van der Waals surface area contributed by atoms with E-state index in [1.54, 1.807) is 12.1 Å². The van der Waals surface area contributed by atoms with E-state index >= 15 is 0 Å². The molecule has 7 heteroatoms. The number of hydrogen-bond donors (Lipinski definition) is 0. The number of aromatic nitrogens is 1. The van der Waals surface area contributed by atoms with E-state index in [2.05, 4.69) is 4.98 Å². The molecule has 140 valence electrons. The first-order valence-corrected chi connectivity index (χ1v) is 8.75. The van der Waals surface area contributed by atoms with Crippen LogP contribution in [-0.4, -0.2) is 27.8 Å². The highest BCUT2D eigenvalue weighted by Gasteiger charge is 2.38. The van der Waals surface area contributed by atoms with E-state index in [1.165, 1.54) is 12.1 Å². The molecular formula is C21H16N2O5. The lowest BCUT2D eigenvalue weighted by Crippen LogP contribution is -2.32. The standard InChI is InChI=1S/C21H16N2O5/c1-13-19(14-7-3-2-4-8-14)27-17(22-13)11-12-18(24)28-23-20(25)15-9-5-6-10-16(15)21(23)26/h2-10H,11-12H2,1H3. The van der Waals surface area contributed by atoms with E-state index in [1.807, 2.05) is 37.3 Å². The van der Waals surface area contributed by atoms with Gasteiger partial charge >= 0.3 is 5.97 Å². The predicted octanol–water partition coefficient (Wildman–Crippen LogP) is 3.34. The lowest BCUT2D eigenvalue weighted by atomic mass is 10.1. The van der Waals surface area contributed by atoms with Gasteiger partial charge in [-0.3, -0.25) is 9.59 Å². The SMILES string of the molecule is Cc1nc(CCC(=O)ON2C(=O)c3ccccc3C2=O)oc1-c1ccccc1. The fourth-order valence-electron chi connectivity index (χ4n) is 3.02. The Bertz CT molecular complexity index is 1040. The van der Waals surface area contributed by atoms with Crippen LogP contribution >= 0.6 is 0 Å². The molecule has 0 unspecified atom stereocenters. The average Bonchev–Trinajstić information content (AvgIpc) is 3.20. The molecule has 0 bridgehead atoms. The maximum Gasteiger partial charge on any atom is 0.333 e. The zero-order valence-corrected chi connectivity index (χ0v) is 15.0. The highest BCUT2D eigenvalue weighted by atomic mass is 16.7. The minimum atomic E-state index is -0.716. The molecule has 0 aliphatic carbocycles. The van der Waals surface area contributed by atoms with Gasteiger partial charge < -0.3 is 9.25 Å². The van der Waals surface area contributed by atoms with Crippen LogP contribution < -0.4 is 0 Å². The number of imide groups is 1. The summed E-state index contributed by atoms with van der Waals surface area (Å²) in [5.74, 6) is -0.980. The number of oxazole rings is 1. The Morgan fingerprint density at radius 3 is 2.25 bits per heavy atom. The summed E-state index contributed by atoms with van der Waals surface area (Å²) in [6.07, 6.45) is 0.108. The Hall–Kier alpha value is -3.74. The predicted molar refractivity (Wildman–Crippen MR) is 98.0 cm³/mol. The van der Waals surface area contributed by atoms with Crippen LogP contribution in [0.3, 0.4) is 0 Å². The van der Waals surface area contributed by atoms with Crippen LogP contribution in [-0.2, 0) is 16.1 Å². The molecule has 0 spiro atoms. The molecular weight excluding hydrogens is 360 g/mol. The van der Waals surface area contributed by atoms with Crippen molar-refractivity contribution in [2.45, 2.75) is 19.8 Å². The van der Waals surface area contributed by atoms with Crippen LogP contribution in [0.2, 0.25) is 0 Å². The number of fused-ring (bicyclic) bond motifs is 1. The number of amides is 2. The zero-order valence-electron chi connectivity index (χ0n) is 15.0. The number of carbonyl (C=O) groups is 3. The second-order valence-corrected chi connectivity index (χ2v) is 6.30. The molecule has 28 heavy (non-hydrogen) atoms. The Labute approximate surface area is 160 Å². The molecule has 0 atom stereocenters. The molecule has 2 amide bonds. The minimum absolute atomic E-state index is 0.0818. The summed E-state index contributed by atoms with van der Waals surface area (Å²) in [6, 6.07) is 15.9. The molecule has 7 nitrogen and oxygen atoms in total. The van der Waals surface area contributed by atoms with E-state index in [0.29, 0.717) is 16.7 Å². The van der Waals surface area contributed by atoms with Crippen LogP contribution in [0.4, 0.5) is 0 Å². The van der Waals surface area contributed by atoms with Gasteiger partial charge in [-0.15, -0.1) is 0 Å². The molecule has 3 aromatic rings. The summed E-state index contributed by atoms with van der Waals surface area (Å²) in [5.41, 5.74) is 2.05. The third-order valence-corrected chi connectivity index (χ3v) is 4.37. The Balaban J connectivity index is 1.40. The molecule has 0 N–H and O–H groups in total. The maximum atomic E-state index is 12.2. The molecule has 0 saturated heterocycles. The summed E-state index contributed by atoms with van der Waals surface area (Å²) < 4.78 is 5.75. The van der Waals surface area contributed by atoms with Gasteiger partial charge in [-0.05, 0) is 19.1 Å². The van der Waals surface area contributed by atoms with Gasteiger partial charge in [-0.25, -0.2) is 9.78 Å². The molecule has 0 fully saturated rings. The number of nitrogens with zero attached hydrogens (tertiary/aromatic N) is 2. The number of benzene rings is 2. The van der Waals surface area contributed by atoms with Gasteiger partial charge in [0.05, 0.1) is 23.2 Å². The zero-order chi connectivity index (χ0) is 19.7. The molecule has 1 aliphatic rings. The van der Waals surface area contributed by atoms with E-state index < -0.39 is 17.8 Å². The van der Waals surface area contributed by atoms with E-state index in [4.69, 9.17) is 9.25 Å². The Morgan fingerprint density at radius 1 is 1.00 bits per heavy atom. The van der Waals surface area contributed by atoms with Crippen molar-refractivity contribution in [3.8, 4) is 11.3 Å². The largest absolute Gasteiger partial charge is 0.440 e. The number of aryl methyl sites for hydroxylation is 2. The minimum Gasteiger partial charge on any atom is -0.440 e. The summed E-state index contributed by atoms with van der Waals surface area (Å²) in [7, 11) is 0. The normalized spacial score (nSPS) is 13.0. The second kappa shape index (κ2) is 7.11. The number of hydroxylamine groups is 2. The van der Waals surface area contributed by atoms with Gasteiger partial charge in [0.25, 0.3) is 11.8 Å². The van der Waals surface area contributed by atoms with Crippen LogP contribution in [0, 0.1) is 6.92 Å². The van der Waals surface area contributed by atoms with Crippen LogP contribution in [0.25, 0.3) is 11.3 Å². The van der Waals surface area contributed by atoms with Gasteiger partial charge in [0.15, 0.2) is 11.7 Å². The van der Waals surface area contributed by atoms with Crippen molar-refractivity contribution < 1.29 is 23.6 Å². The van der Waals surface area contributed by atoms with Crippen LogP contribution in [0.1, 0.15) is 38.7 Å². The summed E-state index contributed by atoms with van der Waals surface area (Å²) >= 11 is 0. The average molecular weight is 376 g/mol. The van der Waals surface area contributed by atoms with E-state index in [9.17, 15) is 14.4 Å². The van der Waals surface area contributed by atoms with E-state index in [0.717, 1.165) is 11.3 Å². The molecule has 0 radical (unpaired) electrons. The first kappa shape index (κ1) is 17.7. The van der Waals surface area contributed by atoms with Gasteiger partial charge in [0, 0.05) is 12.0 Å². The molecule has 2 heterocycles. The van der Waals surface area contributed by atoms with Gasteiger partial charge in [-0.2, -0.15) is 0 Å². The van der Waals surface area contributed by atoms with Crippen molar-refractivity contribution in [2.24, 2.45) is 0 Å². The van der Waals surface area contributed by atoms with Crippen molar-refractivity contribution in [1.29, 1.82) is 0 Å². The van der Waals surface area contributed by atoms with Crippen LogP contribution in [0.15, 0.2) is 59.0 Å². The van der Waals surface area contributed by atoms with E-state index in [-0.39, 0.29) is 24.0 Å². The fraction of sp³-hybridized carbons (Fsp3) is 0.143. The number of rotatable bonds is 5. The van der Waals surface area contributed by atoms with Gasteiger partial charge in [-0.1, -0.05) is 47.5 Å². The quantitative estimate of drug-likeness (QED) is 0.635. The fourth-order valence-corrected chi connectivity index (χ4v) is 3.02. The summed E-state index contributed by atoms with van der Waals surface area (Å²) in [6.45, 7) is 1.83. The molecule has 1 aromatic heterocycles.